The molecule has 8 nitrogen and oxygen atoms in total. The predicted octanol–water partition coefficient (Wildman–Crippen LogP) is 2.16. The summed E-state index contributed by atoms with van der Waals surface area (Å²) in [7, 11) is 0. The highest BCUT2D eigenvalue weighted by Gasteiger charge is 2.31. The van der Waals surface area contributed by atoms with E-state index in [4.69, 9.17) is 15.0 Å². The largest absolute Gasteiger partial charge is 0.444 e. The minimum Gasteiger partial charge on any atom is -0.444 e. The highest BCUT2D eigenvalue weighted by molar-refractivity contribution is 5.90. The number of rotatable bonds is 4. The molecule has 116 valence electrons. The van der Waals surface area contributed by atoms with Crippen LogP contribution >= 0.6 is 0 Å². The molecule has 0 bridgehead atoms. The number of nitrogens with zero attached hydrogens (tertiary/aromatic N) is 5. The average Bonchev–Trinajstić information content (AvgIpc) is 2.95. The zero-order valence-corrected chi connectivity index (χ0v) is 12.1. The van der Waals surface area contributed by atoms with Gasteiger partial charge in [-0.1, -0.05) is 5.11 Å². The number of amides is 1. The lowest BCUT2D eigenvalue weighted by atomic mass is 10.2. The summed E-state index contributed by atoms with van der Waals surface area (Å²) in [5.74, 6) is 0. The molecule has 1 amide bonds. The van der Waals surface area contributed by atoms with Crippen molar-refractivity contribution in [3.8, 4) is 0 Å². The van der Waals surface area contributed by atoms with Crippen molar-refractivity contribution in [3.63, 3.8) is 0 Å². The molecule has 1 aromatic carbocycles. The fourth-order valence-corrected chi connectivity index (χ4v) is 2.62. The van der Waals surface area contributed by atoms with Crippen molar-refractivity contribution in [1.29, 1.82) is 0 Å². The van der Waals surface area contributed by atoms with Crippen LogP contribution in [0.3, 0.4) is 0 Å². The molecule has 0 radical (unpaired) electrons. The highest BCUT2D eigenvalue weighted by atomic mass is 16.6. The van der Waals surface area contributed by atoms with Crippen molar-refractivity contribution >= 4 is 17.5 Å². The molecule has 0 spiro atoms. The maximum atomic E-state index is 11.9. The van der Waals surface area contributed by atoms with E-state index in [2.05, 4.69) is 14.9 Å². The van der Waals surface area contributed by atoms with Gasteiger partial charge in [0.2, 0.25) is 0 Å². The molecule has 3 rings (SSSR count). The summed E-state index contributed by atoms with van der Waals surface area (Å²) in [4.78, 5) is 18.4. The van der Waals surface area contributed by atoms with Gasteiger partial charge in [0.05, 0.1) is 26.3 Å². The molecular weight excluding hydrogens is 286 g/mol. The summed E-state index contributed by atoms with van der Waals surface area (Å²) in [6.07, 6.45) is -0.792. The number of anilines is 2. The van der Waals surface area contributed by atoms with Crippen molar-refractivity contribution in [3.05, 3.63) is 34.7 Å². The van der Waals surface area contributed by atoms with Gasteiger partial charge >= 0.3 is 6.09 Å². The number of carbonyl (C=O) groups is 1. The van der Waals surface area contributed by atoms with E-state index in [9.17, 15) is 4.79 Å². The monoisotopic (exact) mass is 303 g/mol. The molecule has 2 fully saturated rings. The quantitative estimate of drug-likeness (QED) is 0.484. The van der Waals surface area contributed by atoms with Crippen molar-refractivity contribution in [2.45, 2.75) is 6.10 Å². The van der Waals surface area contributed by atoms with Gasteiger partial charge in [-0.15, -0.1) is 0 Å². The van der Waals surface area contributed by atoms with Crippen LogP contribution in [0.5, 0.6) is 0 Å². The van der Waals surface area contributed by atoms with Crippen molar-refractivity contribution < 1.29 is 14.3 Å². The third kappa shape index (κ3) is 3.08. The van der Waals surface area contributed by atoms with Crippen molar-refractivity contribution in [2.75, 3.05) is 49.2 Å². The highest BCUT2D eigenvalue weighted by Crippen LogP contribution is 2.25. The Morgan fingerprint density at radius 1 is 1.23 bits per heavy atom. The number of cyclic esters (lactones) is 1. The zero-order valence-electron chi connectivity index (χ0n) is 12.1. The van der Waals surface area contributed by atoms with E-state index in [0.717, 1.165) is 37.7 Å². The maximum absolute atomic E-state index is 11.9. The van der Waals surface area contributed by atoms with Gasteiger partial charge in [-0.05, 0) is 29.8 Å². The van der Waals surface area contributed by atoms with Gasteiger partial charge in [-0.3, -0.25) is 4.90 Å². The second-order valence-corrected chi connectivity index (χ2v) is 5.15. The number of hydrogen-bond acceptors (Lipinski definition) is 5. The van der Waals surface area contributed by atoms with Crippen LogP contribution in [0.15, 0.2) is 29.4 Å². The molecule has 0 N–H and O–H groups in total. The van der Waals surface area contributed by atoms with E-state index in [1.165, 1.54) is 0 Å². The Labute approximate surface area is 127 Å². The molecule has 1 unspecified atom stereocenters. The third-order valence-electron chi connectivity index (χ3n) is 3.76. The summed E-state index contributed by atoms with van der Waals surface area (Å²) < 4.78 is 10.5. The minimum absolute atomic E-state index is 0.157. The Hall–Kier alpha value is -2.44. The lowest BCUT2D eigenvalue weighted by molar-refractivity contribution is 0.122. The number of ether oxygens (including phenoxy) is 2. The second-order valence-electron chi connectivity index (χ2n) is 5.15. The first kappa shape index (κ1) is 14.5. The first-order chi connectivity index (χ1) is 10.8. The Morgan fingerprint density at radius 2 is 1.91 bits per heavy atom. The van der Waals surface area contributed by atoms with Crippen molar-refractivity contribution in [2.24, 2.45) is 5.11 Å². The molecule has 0 saturated carbocycles. The SMILES string of the molecule is [N-]=[N+]=NCC1CN(c2ccc(N3CCOCC3)cc2)C(=O)O1. The fraction of sp³-hybridized carbons (Fsp3) is 0.500. The minimum atomic E-state index is -0.405. The van der Waals surface area contributed by atoms with Crippen LogP contribution in [0.4, 0.5) is 16.2 Å². The van der Waals surface area contributed by atoms with Crippen LogP contribution in [0, 0.1) is 0 Å². The lowest BCUT2D eigenvalue weighted by Gasteiger charge is -2.29. The van der Waals surface area contributed by atoms with E-state index < -0.39 is 6.09 Å². The van der Waals surface area contributed by atoms with E-state index in [1.807, 2.05) is 24.3 Å². The molecule has 2 aliphatic heterocycles. The molecule has 2 aliphatic rings. The Balaban J connectivity index is 1.67. The predicted molar refractivity (Wildman–Crippen MR) is 81.1 cm³/mol. The van der Waals surface area contributed by atoms with Crippen LogP contribution in [0.1, 0.15) is 0 Å². The summed E-state index contributed by atoms with van der Waals surface area (Å²) in [6, 6.07) is 7.80. The summed E-state index contributed by atoms with van der Waals surface area (Å²) in [5.41, 5.74) is 10.2. The fourth-order valence-electron chi connectivity index (χ4n) is 2.62. The van der Waals surface area contributed by atoms with Gasteiger partial charge in [0.25, 0.3) is 0 Å². The van der Waals surface area contributed by atoms with E-state index in [1.54, 1.807) is 4.90 Å². The van der Waals surface area contributed by atoms with Gasteiger partial charge in [0.15, 0.2) is 0 Å². The van der Waals surface area contributed by atoms with Crippen LogP contribution in [-0.2, 0) is 9.47 Å². The van der Waals surface area contributed by atoms with E-state index in [-0.39, 0.29) is 12.6 Å². The smallest absolute Gasteiger partial charge is 0.414 e. The molecule has 8 heteroatoms. The van der Waals surface area contributed by atoms with Crippen LogP contribution in [-0.4, -0.2) is 51.6 Å². The molecule has 2 heterocycles. The van der Waals surface area contributed by atoms with Gasteiger partial charge in [-0.2, -0.15) is 0 Å². The lowest BCUT2D eigenvalue weighted by Crippen LogP contribution is -2.36. The third-order valence-corrected chi connectivity index (χ3v) is 3.76. The molecule has 0 aliphatic carbocycles. The summed E-state index contributed by atoms with van der Waals surface area (Å²) >= 11 is 0. The van der Waals surface area contributed by atoms with Crippen LogP contribution < -0.4 is 9.80 Å². The first-order valence-electron chi connectivity index (χ1n) is 7.19. The van der Waals surface area contributed by atoms with Gasteiger partial charge in [-0.25, -0.2) is 4.79 Å². The second kappa shape index (κ2) is 6.55. The number of hydrogen-bond donors (Lipinski definition) is 0. The number of benzene rings is 1. The Bertz CT molecular complexity index is 579. The molecule has 2 saturated heterocycles. The Morgan fingerprint density at radius 3 is 2.59 bits per heavy atom. The van der Waals surface area contributed by atoms with Crippen molar-refractivity contribution in [1.82, 2.24) is 0 Å². The van der Waals surface area contributed by atoms with E-state index >= 15 is 0 Å². The van der Waals surface area contributed by atoms with Crippen LogP contribution in [0.2, 0.25) is 0 Å². The van der Waals surface area contributed by atoms with Gasteiger partial charge in [0, 0.05) is 29.4 Å². The first-order valence-corrected chi connectivity index (χ1v) is 7.19. The Kier molecular flexibility index (Phi) is 4.32. The van der Waals surface area contributed by atoms with Gasteiger partial charge < -0.3 is 14.4 Å². The molecule has 0 aromatic heterocycles. The number of carbonyl (C=O) groups excluding carboxylic acids is 1. The topological polar surface area (TPSA) is 90.8 Å². The molecule has 1 aromatic rings. The standard InChI is InChI=1S/C14H17N5O3/c15-17-16-9-13-10-19(14(20)22-13)12-3-1-11(2-4-12)18-5-7-21-8-6-18/h1-4,13H,5-10H2. The van der Waals surface area contributed by atoms with Gasteiger partial charge in [0.1, 0.15) is 6.10 Å². The zero-order chi connectivity index (χ0) is 15.4. The van der Waals surface area contributed by atoms with Crippen LogP contribution in [0.25, 0.3) is 10.4 Å². The molecule has 1 atom stereocenters. The average molecular weight is 303 g/mol. The molecule has 22 heavy (non-hydrogen) atoms. The normalized spacial score (nSPS) is 21.5. The number of azide groups is 1. The summed E-state index contributed by atoms with van der Waals surface area (Å²) in [5, 5.41) is 3.45. The summed E-state index contributed by atoms with van der Waals surface area (Å²) in [6.45, 7) is 3.78. The van der Waals surface area contributed by atoms with E-state index in [0.29, 0.717) is 6.54 Å². The number of morpholine rings is 1. The maximum Gasteiger partial charge on any atom is 0.414 e. The molecular formula is C14H17N5O3.